The number of hydrogen-bond donors (Lipinski definition) is 1. The Morgan fingerprint density at radius 1 is 0.952 bits per heavy atom. The summed E-state index contributed by atoms with van der Waals surface area (Å²) in [4.78, 5) is 0. The van der Waals surface area contributed by atoms with Crippen LogP contribution in [0.4, 0.5) is 0 Å². The van der Waals surface area contributed by atoms with Gasteiger partial charge in [-0.15, -0.1) is 0 Å². The highest BCUT2D eigenvalue weighted by molar-refractivity contribution is 5.35. The third-order valence-electron chi connectivity index (χ3n) is 4.23. The minimum atomic E-state index is 0.677. The lowest BCUT2D eigenvalue weighted by Gasteiger charge is -2.11. The minimum Gasteiger partial charge on any atom is -0.380 e. The Balaban J connectivity index is 1.59. The molecule has 2 aromatic carbocycles. The first-order valence-corrected chi connectivity index (χ1v) is 7.74. The molecule has 1 aliphatic rings. The molecular weight excluding hydrogens is 258 g/mol. The Labute approximate surface area is 127 Å². The molecule has 1 aliphatic carbocycles. The summed E-state index contributed by atoms with van der Waals surface area (Å²) in [6.07, 6.45) is 3.82. The Bertz CT molecular complexity index is 606. The number of rotatable bonds is 6. The average Bonchev–Trinajstić information content (AvgIpc) is 2.97. The first kappa shape index (κ1) is 14.3. The van der Waals surface area contributed by atoms with Gasteiger partial charge in [-0.25, -0.2) is 0 Å². The molecule has 2 nitrogen and oxygen atoms in total. The van der Waals surface area contributed by atoms with Crippen molar-refractivity contribution < 1.29 is 4.74 Å². The third-order valence-corrected chi connectivity index (χ3v) is 4.23. The summed E-state index contributed by atoms with van der Waals surface area (Å²) in [5.74, 6) is 0. The van der Waals surface area contributed by atoms with E-state index in [1.807, 2.05) is 0 Å². The van der Waals surface area contributed by atoms with E-state index in [1.165, 1.54) is 36.0 Å². The molecule has 0 saturated carbocycles. The van der Waals surface area contributed by atoms with Gasteiger partial charge in [0.05, 0.1) is 6.61 Å². The summed E-state index contributed by atoms with van der Waals surface area (Å²) < 4.78 is 5.26. The fourth-order valence-electron chi connectivity index (χ4n) is 3.10. The second-order valence-electron chi connectivity index (χ2n) is 5.76. The summed E-state index contributed by atoms with van der Waals surface area (Å²) >= 11 is 0. The van der Waals surface area contributed by atoms with E-state index in [4.69, 9.17) is 4.74 Å². The molecular formula is C19H23NO. The van der Waals surface area contributed by atoms with Gasteiger partial charge in [0.1, 0.15) is 0 Å². The molecule has 2 heteroatoms. The lowest BCUT2D eigenvalue weighted by molar-refractivity contribution is 0.184. The zero-order valence-corrected chi connectivity index (χ0v) is 12.7. The number of hydrogen-bond acceptors (Lipinski definition) is 2. The molecule has 0 radical (unpaired) electrons. The van der Waals surface area contributed by atoms with E-state index in [2.05, 4.69) is 47.8 Å². The van der Waals surface area contributed by atoms with E-state index in [1.54, 1.807) is 18.2 Å². The highest BCUT2D eigenvalue weighted by atomic mass is 16.5. The number of aryl methyl sites for hydroxylation is 2. The number of fused-ring (bicyclic) bond motifs is 1. The van der Waals surface area contributed by atoms with Crippen molar-refractivity contribution in [2.45, 2.75) is 39.0 Å². The van der Waals surface area contributed by atoms with Crippen LogP contribution >= 0.6 is 0 Å². The number of nitrogens with one attached hydrogen (secondary N) is 1. The lowest BCUT2D eigenvalue weighted by Crippen LogP contribution is -2.14. The average molecular weight is 281 g/mol. The van der Waals surface area contributed by atoms with Crippen molar-refractivity contribution in [3.05, 3.63) is 70.3 Å². The Kier molecular flexibility index (Phi) is 4.69. The SMILES string of the molecule is COCc1ccccc1CNCc1ccc2c(c1)CCC2. The Morgan fingerprint density at radius 2 is 1.76 bits per heavy atom. The van der Waals surface area contributed by atoms with E-state index < -0.39 is 0 Å². The lowest BCUT2D eigenvalue weighted by atomic mass is 10.1. The standard InChI is InChI=1S/C19H23NO/c1-21-14-19-6-3-2-5-18(19)13-20-12-15-9-10-16-7-4-8-17(16)11-15/h2-3,5-6,9-11,20H,4,7-8,12-14H2,1H3. The third kappa shape index (κ3) is 3.52. The van der Waals surface area contributed by atoms with Crippen molar-refractivity contribution in [1.29, 1.82) is 0 Å². The molecule has 0 fully saturated rings. The first-order valence-electron chi connectivity index (χ1n) is 7.74. The summed E-state index contributed by atoms with van der Waals surface area (Å²) in [5.41, 5.74) is 7.07. The maximum Gasteiger partial charge on any atom is 0.0716 e. The van der Waals surface area contributed by atoms with E-state index in [-0.39, 0.29) is 0 Å². The molecule has 0 unspecified atom stereocenters. The molecule has 0 aromatic heterocycles. The molecule has 0 aliphatic heterocycles. The fraction of sp³-hybridized carbons (Fsp3) is 0.368. The van der Waals surface area contributed by atoms with Crippen LogP contribution in [0.15, 0.2) is 42.5 Å². The van der Waals surface area contributed by atoms with Crippen LogP contribution in [0.2, 0.25) is 0 Å². The van der Waals surface area contributed by atoms with Gasteiger partial charge in [-0.3, -0.25) is 0 Å². The topological polar surface area (TPSA) is 21.3 Å². The maximum atomic E-state index is 5.26. The van der Waals surface area contributed by atoms with Crippen LogP contribution in [0.1, 0.15) is 34.2 Å². The second-order valence-corrected chi connectivity index (χ2v) is 5.76. The largest absolute Gasteiger partial charge is 0.380 e. The van der Waals surface area contributed by atoms with E-state index in [9.17, 15) is 0 Å². The smallest absolute Gasteiger partial charge is 0.0716 e. The predicted molar refractivity (Wildman–Crippen MR) is 86.2 cm³/mol. The molecule has 1 N–H and O–H groups in total. The number of benzene rings is 2. The van der Waals surface area contributed by atoms with Crippen molar-refractivity contribution >= 4 is 0 Å². The van der Waals surface area contributed by atoms with Gasteiger partial charge in [0, 0.05) is 20.2 Å². The van der Waals surface area contributed by atoms with Gasteiger partial charge in [0.25, 0.3) is 0 Å². The summed E-state index contributed by atoms with van der Waals surface area (Å²) in [6.45, 7) is 2.49. The number of methoxy groups -OCH3 is 1. The summed E-state index contributed by atoms with van der Waals surface area (Å²) in [7, 11) is 1.74. The van der Waals surface area contributed by atoms with E-state index in [0.717, 1.165) is 13.1 Å². The molecule has 0 amide bonds. The molecule has 21 heavy (non-hydrogen) atoms. The zero-order chi connectivity index (χ0) is 14.5. The van der Waals surface area contributed by atoms with Crippen LogP contribution in [0.3, 0.4) is 0 Å². The molecule has 110 valence electrons. The fourth-order valence-corrected chi connectivity index (χ4v) is 3.10. The van der Waals surface area contributed by atoms with Crippen molar-refractivity contribution in [3.63, 3.8) is 0 Å². The summed E-state index contributed by atoms with van der Waals surface area (Å²) in [5, 5.41) is 3.55. The van der Waals surface area contributed by atoms with Crippen LogP contribution in [0.25, 0.3) is 0 Å². The summed E-state index contributed by atoms with van der Waals surface area (Å²) in [6, 6.07) is 15.4. The van der Waals surface area contributed by atoms with Crippen molar-refractivity contribution in [2.24, 2.45) is 0 Å². The monoisotopic (exact) mass is 281 g/mol. The predicted octanol–water partition coefficient (Wildman–Crippen LogP) is 3.61. The van der Waals surface area contributed by atoms with Crippen molar-refractivity contribution in [2.75, 3.05) is 7.11 Å². The first-order chi connectivity index (χ1) is 10.4. The van der Waals surface area contributed by atoms with Crippen molar-refractivity contribution in [3.8, 4) is 0 Å². The molecule has 0 bridgehead atoms. The minimum absolute atomic E-state index is 0.677. The molecule has 0 saturated heterocycles. The van der Waals surface area contributed by atoms with Gasteiger partial charge in [-0.05, 0) is 47.1 Å². The normalized spacial score (nSPS) is 13.4. The van der Waals surface area contributed by atoms with Crippen molar-refractivity contribution in [1.82, 2.24) is 5.32 Å². The molecule has 3 rings (SSSR count). The van der Waals surface area contributed by atoms with Gasteiger partial charge in [0.2, 0.25) is 0 Å². The Morgan fingerprint density at radius 3 is 2.62 bits per heavy atom. The van der Waals surface area contributed by atoms with Crippen LogP contribution in [-0.4, -0.2) is 7.11 Å². The molecule has 0 atom stereocenters. The quantitative estimate of drug-likeness (QED) is 0.873. The maximum absolute atomic E-state index is 5.26. The Hall–Kier alpha value is -1.64. The van der Waals surface area contributed by atoms with Crippen LogP contribution < -0.4 is 5.32 Å². The second kappa shape index (κ2) is 6.88. The number of ether oxygens (including phenoxy) is 1. The van der Waals surface area contributed by atoms with Crippen LogP contribution in [0, 0.1) is 0 Å². The molecule has 2 aromatic rings. The van der Waals surface area contributed by atoms with Gasteiger partial charge in [-0.1, -0.05) is 42.5 Å². The molecule has 0 spiro atoms. The highest BCUT2D eigenvalue weighted by Gasteiger charge is 2.10. The van der Waals surface area contributed by atoms with Crippen LogP contribution in [-0.2, 0) is 37.3 Å². The van der Waals surface area contributed by atoms with E-state index in [0.29, 0.717) is 6.61 Å². The zero-order valence-electron chi connectivity index (χ0n) is 12.7. The van der Waals surface area contributed by atoms with E-state index >= 15 is 0 Å². The van der Waals surface area contributed by atoms with Gasteiger partial charge < -0.3 is 10.1 Å². The van der Waals surface area contributed by atoms with Gasteiger partial charge >= 0.3 is 0 Å². The molecule has 0 heterocycles. The van der Waals surface area contributed by atoms with Crippen LogP contribution in [0.5, 0.6) is 0 Å². The van der Waals surface area contributed by atoms with Gasteiger partial charge in [-0.2, -0.15) is 0 Å². The highest BCUT2D eigenvalue weighted by Crippen LogP contribution is 2.22. The van der Waals surface area contributed by atoms with Gasteiger partial charge in [0.15, 0.2) is 0 Å².